The number of esters is 1. The molecule has 6 nitrogen and oxygen atoms in total. The second-order valence-electron chi connectivity index (χ2n) is 8.34. The van der Waals surface area contributed by atoms with Crippen molar-refractivity contribution in [3.8, 4) is 0 Å². The Hall–Kier alpha value is -3.06. The summed E-state index contributed by atoms with van der Waals surface area (Å²) in [6.45, 7) is 1.53. The minimum atomic E-state index is -0.345. The van der Waals surface area contributed by atoms with Gasteiger partial charge in [-0.05, 0) is 42.4 Å². The summed E-state index contributed by atoms with van der Waals surface area (Å²) in [5.41, 5.74) is 4.25. The Kier molecular flexibility index (Phi) is 7.18. The molecule has 2 aromatic carbocycles. The van der Waals surface area contributed by atoms with Crippen LogP contribution in [0.5, 0.6) is 0 Å². The van der Waals surface area contributed by atoms with E-state index in [9.17, 15) is 14.4 Å². The number of nitrogens with one attached hydrogen (secondary N) is 2. The molecule has 7 heteroatoms. The third-order valence-electron chi connectivity index (χ3n) is 6.34. The number of hydrogen-bond donors (Lipinski definition) is 2. The first-order valence-corrected chi connectivity index (χ1v) is 12.1. The number of aryl methyl sites for hydroxylation is 2. The third-order valence-corrected chi connectivity index (χ3v) is 7.27. The average Bonchev–Trinajstić information content (AvgIpc) is 3.39. The fourth-order valence-electron chi connectivity index (χ4n) is 4.70. The van der Waals surface area contributed by atoms with Gasteiger partial charge in [0.1, 0.15) is 5.82 Å². The monoisotopic (exact) mass is 464 g/mol. The number of carbonyl (C=O) groups is 3. The van der Waals surface area contributed by atoms with Crippen LogP contribution in [-0.2, 0) is 32.0 Å². The second kappa shape index (κ2) is 10.3. The molecule has 2 unspecified atom stereocenters. The average molecular weight is 465 g/mol. The van der Waals surface area contributed by atoms with Crippen molar-refractivity contribution in [2.24, 2.45) is 5.92 Å². The van der Waals surface area contributed by atoms with Crippen molar-refractivity contribution < 1.29 is 19.1 Å². The van der Waals surface area contributed by atoms with E-state index in [1.165, 1.54) is 36.9 Å². The third kappa shape index (κ3) is 5.14. The molecule has 0 aliphatic heterocycles. The number of aromatic nitrogens is 1. The second-order valence-corrected chi connectivity index (χ2v) is 9.54. The van der Waals surface area contributed by atoms with Gasteiger partial charge < -0.3 is 15.0 Å². The maximum Gasteiger partial charge on any atom is 0.305 e. The van der Waals surface area contributed by atoms with Gasteiger partial charge in [0.15, 0.2) is 5.12 Å². The first-order valence-electron chi connectivity index (χ1n) is 11.2. The number of aromatic amines is 1. The Bertz CT molecular complexity index is 1190. The summed E-state index contributed by atoms with van der Waals surface area (Å²) >= 11 is 1.20. The number of carbonyl (C=O) groups excluding carboxylic acids is 3. The van der Waals surface area contributed by atoms with Crippen LogP contribution < -0.4 is 5.32 Å². The van der Waals surface area contributed by atoms with Gasteiger partial charge in [-0.15, -0.1) is 0 Å². The Morgan fingerprint density at radius 2 is 1.91 bits per heavy atom. The molecular formula is C26H28N2O4S. The van der Waals surface area contributed by atoms with E-state index in [0.29, 0.717) is 18.0 Å². The normalized spacial score (nSPS) is 15.8. The number of rotatable bonds is 8. The SMILES string of the molecule is COC(=O)CCc1c(NC(=O)C(CSC(C)=O)C2CCc3ccccc32)[nH]c2ccccc12. The zero-order chi connectivity index (χ0) is 23.4. The van der Waals surface area contributed by atoms with Gasteiger partial charge in [0, 0.05) is 35.6 Å². The number of hydrogen-bond acceptors (Lipinski definition) is 5. The highest BCUT2D eigenvalue weighted by atomic mass is 32.2. The number of para-hydroxylation sites is 1. The van der Waals surface area contributed by atoms with Crippen LogP contribution in [0, 0.1) is 5.92 Å². The quantitative estimate of drug-likeness (QED) is 0.466. The van der Waals surface area contributed by atoms with Gasteiger partial charge in [-0.25, -0.2) is 0 Å². The van der Waals surface area contributed by atoms with Gasteiger partial charge in [-0.3, -0.25) is 14.4 Å². The molecule has 1 heterocycles. The molecule has 3 aromatic rings. The van der Waals surface area contributed by atoms with E-state index in [-0.39, 0.29) is 35.2 Å². The van der Waals surface area contributed by atoms with E-state index >= 15 is 0 Å². The van der Waals surface area contributed by atoms with Gasteiger partial charge in [0.05, 0.1) is 13.0 Å². The first kappa shape index (κ1) is 23.1. The molecule has 1 aliphatic rings. The fraction of sp³-hybridized carbons (Fsp3) is 0.346. The molecule has 2 atom stereocenters. The summed E-state index contributed by atoms with van der Waals surface area (Å²) in [5, 5.41) is 4.08. The Balaban J connectivity index is 1.62. The number of anilines is 1. The summed E-state index contributed by atoms with van der Waals surface area (Å²) in [4.78, 5) is 40.4. The Morgan fingerprint density at radius 3 is 2.70 bits per heavy atom. The molecule has 2 N–H and O–H groups in total. The molecule has 1 amide bonds. The minimum Gasteiger partial charge on any atom is -0.469 e. The van der Waals surface area contributed by atoms with Crippen molar-refractivity contribution in [3.05, 3.63) is 65.2 Å². The van der Waals surface area contributed by atoms with Crippen molar-refractivity contribution in [2.45, 2.75) is 38.5 Å². The smallest absolute Gasteiger partial charge is 0.305 e. The van der Waals surface area contributed by atoms with E-state index in [4.69, 9.17) is 4.74 Å². The van der Waals surface area contributed by atoms with E-state index < -0.39 is 0 Å². The van der Waals surface area contributed by atoms with Crippen LogP contribution in [0.15, 0.2) is 48.5 Å². The number of ether oxygens (including phenoxy) is 1. The zero-order valence-corrected chi connectivity index (χ0v) is 19.7. The van der Waals surface area contributed by atoms with Crippen molar-refractivity contribution in [2.75, 3.05) is 18.2 Å². The first-order chi connectivity index (χ1) is 16.0. The summed E-state index contributed by atoms with van der Waals surface area (Å²) < 4.78 is 4.80. The van der Waals surface area contributed by atoms with E-state index in [2.05, 4.69) is 22.4 Å². The van der Waals surface area contributed by atoms with Crippen molar-refractivity contribution in [1.82, 2.24) is 4.98 Å². The van der Waals surface area contributed by atoms with Crippen LogP contribution in [0.1, 0.15) is 42.4 Å². The number of H-pyrrole nitrogens is 1. The molecule has 0 saturated heterocycles. The largest absolute Gasteiger partial charge is 0.469 e. The molecule has 172 valence electrons. The molecule has 0 radical (unpaired) electrons. The summed E-state index contributed by atoms with van der Waals surface area (Å²) in [6.07, 6.45) is 2.50. The molecule has 0 fully saturated rings. The number of thioether (sulfide) groups is 1. The van der Waals surface area contributed by atoms with Crippen LogP contribution in [0.4, 0.5) is 5.82 Å². The number of fused-ring (bicyclic) bond motifs is 2. The predicted octanol–water partition coefficient (Wildman–Crippen LogP) is 4.84. The molecule has 33 heavy (non-hydrogen) atoms. The van der Waals surface area contributed by atoms with Crippen LogP contribution in [-0.4, -0.2) is 34.8 Å². The van der Waals surface area contributed by atoms with Gasteiger partial charge in [0.25, 0.3) is 0 Å². The molecule has 4 rings (SSSR count). The van der Waals surface area contributed by atoms with E-state index in [0.717, 1.165) is 29.3 Å². The molecule has 0 saturated carbocycles. The molecule has 1 aromatic heterocycles. The minimum absolute atomic E-state index is 0.00320. The van der Waals surface area contributed by atoms with E-state index in [1.54, 1.807) is 0 Å². The zero-order valence-electron chi connectivity index (χ0n) is 18.9. The van der Waals surface area contributed by atoms with Gasteiger partial charge >= 0.3 is 5.97 Å². The number of benzene rings is 2. The summed E-state index contributed by atoms with van der Waals surface area (Å²) in [5.74, 6) is 0.345. The highest BCUT2D eigenvalue weighted by Crippen LogP contribution is 2.40. The molecular weight excluding hydrogens is 436 g/mol. The lowest BCUT2D eigenvalue weighted by atomic mass is 9.87. The molecule has 0 bridgehead atoms. The van der Waals surface area contributed by atoms with E-state index in [1.807, 2.05) is 36.4 Å². The maximum atomic E-state index is 13.6. The van der Waals surface area contributed by atoms with Gasteiger partial charge in [-0.1, -0.05) is 54.2 Å². The maximum absolute atomic E-state index is 13.6. The topological polar surface area (TPSA) is 88.3 Å². The Morgan fingerprint density at radius 1 is 1.15 bits per heavy atom. The van der Waals surface area contributed by atoms with Crippen LogP contribution in [0.2, 0.25) is 0 Å². The predicted molar refractivity (Wildman–Crippen MR) is 131 cm³/mol. The van der Waals surface area contributed by atoms with Crippen molar-refractivity contribution in [1.29, 1.82) is 0 Å². The van der Waals surface area contributed by atoms with Crippen LogP contribution in [0.25, 0.3) is 10.9 Å². The standard InChI is InChI=1S/C26H28N2O4S/c1-16(29)33-15-22(19-12-11-17-7-3-4-8-18(17)19)26(31)28-25-21(13-14-24(30)32-2)20-9-5-6-10-23(20)27-25/h3-10,19,22,27H,11-15H2,1-2H3,(H,28,31). The highest BCUT2D eigenvalue weighted by Gasteiger charge is 2.35. The lowest BCUT2D eigenvalue weighted by molar-refractivity contribution is -0.140. The van der Waals surface area contributed by atoms with Crippen molar-refractivity contribution in [3.63, 3.8) is 0 Å². The lowest BCUT2D eigenvalue weighted by Gasteiger charge is -2.23. The summed E-state index contributed by atoms with van der Waals surface area (Å²) in [7, 11) is 1.37. The molecule has 1 aliphatic carbocycles. The van der Waals surface area contributed by atoms with Crippen LogP contribution >= 0.6 is 11.8 Å². The fourth-order valence-corrected chi connectivity index (χ4v) is 5.50. The van der Waals surface area contributed by atoms with Crippen molar-refractivity contribution >= 4 is 45.5 Å². The van der Waals surface area contributed by atoms with Gasteiger partial charge in [-0.2, -0.15) is 0 Å². The Labute approximate surface area is 197 Å². The van der Waals surface area contributed by atoms with Crippen LogP contribution in [0.3, 0.4) is 0 Å². The lowest BCUT2D eigenvalue weighted by Crippen LogP contribution is -2.30. The number of amides is 1. The van der Waals surface area contributed by atoms with Gasteiger partial charge in [0.2, 0.25) is 5.91 Å². The molecule has 0 spiro atoms. The number of methoxy groups -OCH3 is 1. The highest BCUT2D eigenvalue weighted by molar-refractivity contribution is 8.13. The summed E-state index contributed by atoms with van der Waals surface area (Å²) in [6, 6.07) is 16.0.